The van der Waals surface area contributed by atoms with Gasteiger partial charge in [0.2, 0.25) is 0 Å². The van der Waals surface area contributed by atoms with Gasteiger partial charge in [0.25, 0.3) is 0 Å². The van der Waals surface area contributed by atoms with Gasteiger partial charge in [-0.05, 0) is 10.4 Å². The Hall–Kier alpha value is -0.800. The number of hydrogen-bond donors (Lipinski definition) is 1. The molecule has 0 N–H and O–H groups in total. The quantitative estimate of drug-likeness (QED) is 0.605. The molecule has 1 nitrogen and oxygen atoms in total. The van der Waals surface area contributed by atoms with Gasteiger partial charge in [0.05, 0.1) is 6.04 Å². The molecular formula is C12H13NS2. The van der Waals surface area contributed by atoms with Crippen molar-refractivity contribution < 1.29 is 0 Å². The van der Waals surface area contributed by atoms with E-state index in [9.17, 15) is 0 Å². The number of thiol groups is 1. The van der Waals surface area contributed by atoms with Gasteiger partial charge in [-0.15, -0.1) is 12.6 Å². The standard InChI is InChI=1S/C12H13NS2/c1-13-8-10-5-3-2-4-9(10)6-11(13)7-12(14)15/h2-6,8,11H,7H2,1H3,(H,14,15). The van der Waals surface area contributed by atoms with Crippen molar-refractivity contribution in [2.24, 2.45) is 0 Å². The molecule has 0 fully saturated rings. The molecule has 1 unspecified atom stereocenters. The van der Waals surface area contributed by atoms with Crippen molar-refractivity contribution in [3.8, 4) is 0 Å². The van der Waals surface area contributed by atoms with Gasteiger partial charge in [-0.25, -0.2) is 0 Å². The lowest BCUT2D eigenvalue weighted by atomic mass is 10.1. The molecule has 78 valence electrons. The zero-order chi connectivity index (χ0) is 10.8. The first-order chi connectivity index (χ1) is 7.16. The third kappa shape index (κ3) is 2.41. The van der Waals surface area contributed by atoms with Crippen molar-refractivity contribution in [2.75, 3.05) is 7.05 Å². The van der Waals surface area contributed by atoms with Crippen LogP contribution in [0.15, 0.2) is 24.3 Å². The molecule has 0 saturated carbocycles. The largest absolute Gasteiger partial charge is 0.373 e. The maximum atomic E-state index is 5.03. The highest BCUT2D eigenvalue weighted by atomic mass is 32.1. The van der Waals surface area contributed by atoms with E-state index in [1.807, 2.05) is 0 Å². The second-order valence-electron chi connectivity index (χ2n) is 3.76. The predicted octanol–water partition coefficient (Wildman–Crippen LogP) is 1.17. The van der Waals surface area contributed by atoms with Gasteiger partial charge >= 0.3 is 0 Å². The minimum Gasteiger partial charge on any atom is -0.373 e. The molecule has 15 heavy (non-hydrogen) atoms. The van der Waals surface area contributed by atoms with Crippen LogP contribution in [0.2, 0.25) is 0 Å². The first-order valence-electron chi connectivity index (χ1n) is 4.89. The highest BCUT2D eigenvalue weighted by Gasteiger charge is 2.12. The molecule has 0 bridgehead atoms. The van der Waals surface area contributed by atoms with E-state index in [1.165, 1.54) is 10.4 Å². The summed E-state index contributed by atoms with van der Waals surface area (Å²) in [5, 5.41) is 2.55. The zero-order valence-electron chi connectivity index (χ0n) is 8.55. The van der Waals surface area contributed by atoms with Crippen molar-refractivity contribution in [1.29, 1.82) is 0 Å². The number of benzene rings is 1. The van der Waals surface area contributed by atoms with Crippen molar-refractivity contribution >= 4 is 41.3 Å². The molecule has 0 radical (unpaired) electrons. The molecule has 0 amide bonds. The zero-order valence-corrected chi connectivity index (χ0v) is 10.3. The van der Waals surface area contributed by atoms with E-state index in [4.69, 9.17) is 12.2 Å². The van der Waals surface area contributed by atoms with Crippen molar-refractivity contribution in [2.45, 2.75) is 12.5 Å². The molecule has 2 rings (SSSR count). The second kappa shape index (κ2) is 4.37. The fourth-order valence-electron chi connectivity index (χ4n) is 1.80. The summed E-state index contributed by atoms with van der Waals surface area (Å²) in [7, 11) is 2.07. The molecule has 3 heteroatoms. The molecule has 0 saturated heterocycles. The van der Waals surface area contributed by atoms with Crippen LogP contribution in [0.4, 0.5) is 0 Å². The van der Waals surface area contributed by atoms with E-state index in [0.717, 1.165) is 10.6 Å². The molecule has 1 aromatic carbocycles. The first-order valence-corrected chi connectivity index (χ1v) is 5.75. The summed E-state index contributed by atoms with van der Waals surface area (Å²) in [4.78, 5) is 2.19. The van der Waals surface area contributed by atoms with Gasteiger partial charge < -0.3 is 4.90 Å². The Bertz CT molecular complexity index is 493. The Morgan fingerprint density at radius 3 is 2.73 bits per heavy atom. The van der Waals surface area contributed by atoms with Crippen LogP contribution in [-0.4, -0.2) is 22.2 Å². The highest BCUT2D eigenvalue weighted by Crippen LogP contribution is 2.09. The SMILES string of the molecule is CN1C=c2ccccc2=CC1CC(=S)S. The summed E-state index contributed by atoms with van der Waals surface area (Å²) in [6.07, 6.45) is 5.23. The number of fused-ring (bicyclic) bond motifs is 1. The van der Waals surface area contributed by atoms with Gasteiger partial charge in [0.1, 0.15) is 0 Å². The molecule has 1 atom stereocenters. The van der Waals surface area contributed by atoms with E-state index in [0.29, 0.717) is 6.04 Å². The van der Waals surface area contributed by atoms with Crippen LogP contribution < -0.4 is 10.4 Å². The summed E-state index contributed by atoms with van der Waals surface area (Å²) in [5.74, 6) is 0. The van der Waals surface area contributed by atoms with Crippen LogP contribution in [0, 0.1) is 0 Å². The molecule has 0 aliphatic carbocycles. The van der Waals surface area contributed by atoms with Crippen molar-refractivity contribution in [1.82, 2.24) is 4.90 Å². The number of hydrogen-bond acceptors (Lipinski definition) is 2. The van der Waals surface area contributed by atoms with Crippen molar-refractivity contribution in [3.05, 3.63) is 34.7 Å². The average molecular weight is 235 g/mol. The summed E-state index contributed by atoms with van der Waals surface area (Å²) < 4.78 is 0.760. The maximum Gasteiger partial charge on any atom is 0.0527 e. The monoisotopic (exact) mass is 235 g/mol. The summed E-state index contributed by atoms with van der Waals surface area (Å²) in [6, 6.07) is 8.71. The van der Waals surface area contributed by atoms with Gasteiger partial charge in [-0.3, -0.25) is 0 Å². The topological polar surface area (TPSA) is 3.24 Å². The van der Waals surface area contributed by atoms with E-state index in [1.54, 1.807) is 0 Å². The third-order valence-electron chi connectivity index (χ3n) is 2.62. The number of thiocarbonyl (C=S) groups is 1. The first kappa shape index (κ1) is 10.7. The van der Waals surface area contributed by atoms with Gasteiger partial charge in [-0.1, -0.05) is 42.6 Å². The maximum absolute atomic E-state index is 5.03. The molecule has 1 aromatic rings. The third-order valence-corrected chi connectivity index (χ3v) is 2.97. The Kier molecular flexibility index (Phi) is 3.12. The number of rotatable bonds is 2. The number of nitrogens with zero attached hydrogens (tertiary/aromatic N) is 1. The van der Waals surface area contributed by atoms with Crippen molar-refractivity contribution in [3.63, 3.8) is 0 Å². The predicted molar refractivity (Wildman–Crippen MR) is 72.4 cm³/mol. The lowest BCUT2D eigenvalue weighted by Gasteiger charge is -2.26. The highest BCUT2D eigenvalue weighted by molar-refractivity contribution is 8.11. The van der Waals surface area contributed by atoms with E-state index < -0.39 is 0 Å². The molecule has 0 spiro atoms. The van der Waals surface area contributed by atoms with Crippen LogP contribution in [0.5, 0.6) is 0 Å². The van der Waals surface area contributed by atoms with E-state index in [-0.39, 0.29) is 0 Å². The fraction of sp³-hybridized carbons (Fsp3) is 0.250. The smallest absolute Gasteiger partial charge is 0.0527 e. The Morgan fingerprint density at radius 1 is 1.40 bits per heavy atom. The van der Waals surface area contributed by atoms with Gasteiger partial charge in [0.15, 0.2) is 0 Å². The Labute approximate surface area is 101 Å². The fourth-order valence-corrected chi connectivity index (χ4v) is 2.16. The van der Waals surface area contributed by atoms with Crippen LogP contribution in [0.3, 0.4) is 0 Å². The second-order valence-corrected chi connectivity index (χ2v) is 5.09. The van der Waals surface area contributed by atoms with Crippen LogP contribution in [0.25, 0.3) is 12.3 Å². The van der Waals surface area contributed by atoms with Gasteiger partial charge in [0, 0.05) is 23.9 Å². The van der Waals surface area contributed by atoms with Crippen LogP contribution in [0.1, 0.15) is 6.42 Å². The summed E-state index contributed by atoms with van der Waals surface area (Å²) in [6.45, 7) is 0. The van der Waals surface area contributed by atoms with Crippen LogP contribution >= 0.6 is 24.8 Å². The lowest BCUT2D eigenvalue weighted by Crippen LogP contribution is -2.39. The minimum absolute atomic E-state index is 0.338. The molecule has 1 aliphatic rings. The van der Waals surface area contributed by atoms with Crippen LogP contribution in [-0.2, 0) is 0 Å². The molecule has 1 heterocycles. The normalized spacial score (nSPS) is 18.8. The Morgan fingerprint density at radius 2 is 2.07 bits per heavy atom. The minimum atomic E-state index is 0.338. The summed E-state index contributed by atoms with van der Waals surface area (Å²) >= 11 is 9.22. The van der Waals surface area contributed by atoms with E-state index >= 15 is 0 Å². The lowest BCUT2D eigenvalue weighted by molar-refractivity contribution is 0.443. The van der Waals surface area contributed by atoms with E-state index in [2.05, 4.69) is 61.1 Å². The molecular weight excluding hydrogens is 222 g/mol. The Balaban J connectivity index is 2.42. The van der Waals surface area contributed by atoms with Gasteiger partial charge in [-0.2, -0.15) is 0 Å². The summed E-state index contributed by atoms with van der Waals surface area (Å²) in [5.41, 5.74) is 0. The molecule has 0 aromatic heterocycles. The average Bonchev–Trinajstić information content (AvgIpc) is 2.18. The molecule has 1 aliphatic heterocycles.